The lowest BCUT2D eigenvalue weighted by molar-refractivity contribution is 0.724. The Balaban J connectivity index is 1.46. The fraction of sp³-hybridized carbons (Fsp3) is 0.261. The summed E-state index contributed by atoms with van der Waals surface area (Å²) in [5.74, 6) is 1.49. The van der Waals surface area contributed by atoms with Crippen LogP contribution in [0.4, 0.5) is 17.5 Å². The maximum absolute atomic E-state index is 4.65. The SMILES string of the molecule is Cc1cc2c(Nc3cnccn3)ccnc2cc1-c1cnc(N2CCCNCC2)nc1. The van der Waals surface area contributed by atoms with E-state index in [1.165, 1.54) is 0 Å². The number of rotatable bonds is 4. The molecule has 0 aliphatic carbocycles. The third kappa shape index (κ3) is 4.15. The van der Waals surface area contributed by atoms with E-state index < -0.39 is 0 Å². The van der Waals surface area contributed by atoms with Gasteiger partial charge in [0.15, 0.2) is 0 Å². The average Bonchev–Trinajstić information content (AvgIpc) is 3.10. The van der Waals surface area contributed by atoms with Crippen molar-refractivity contribution in [2.24, 2.45) is 0 Å². The van der Waals surface area contributed by atoms with E-state index in [4.69, 9.17) is 0 Å². The fourth-order valence-corrected chi connectivity index (χ4v) is 3.89. The van der Waals surface area contributed by atoms with Crippen LogP contribution in [0.15, 0.2) is 55.4 Å². The van der Waals surface area contributed by atoms with Crippen molar-refractivity contribution in [3.63, 3.8) is 0 Å². The van der Waals surface area contributed by atoms with Gasteiger partial charge in [-0.3, -0.25) is 9.97 Å². The highest BCUT2D eigenvalue weighted by Gasteiger charge is 2.14. The summed E-state index contributed by atoms with van der Waals surface area (Å²) in [6.45, 7) is 6.02. The minimum atomic E-state index is 0.699. The molecule has 0 spiro atoms. The molecule has 0 atom stereocenters. The molecule has 0 radical (unpaired) electrons. The molecule has 3 aromatic heterocycles. The third-order valence-electron chi connectivity index (χ3n) is 5.49. The molecular formula is C23H24N8. The molecule has 8 nitrogen and oxygen atoms in total. The standard InChI is InChI=1S/C23H24N8/c1-16-11-19-20(30-22-15-25-6-7-27-22)3-5-26-21(19)12-18(16)17-13-28-23(29-14-17)31-9-2-4-24-8-10-31/h3,5-7,11-15,24H,2,4,8-10H2,1H3,(H,26,27,30). The maximum atomic E-state index is 4.65. The lowest BCUT2D eigenvalue weighted by Crippen LogP contribution is -2.29. The van der Waals surface area contributed by atoms with Crippen molar-refractivity contribution < 1.29 is 0 Å². The van der Waals surface area contributed by atoms with Crippen LogP contribution in [0.5, 0.6) is 0 Å². The van der Waals surface area contributed by atoms with E-state index in [0.29, 0.717) is 5.82 Å². The van der Waals surface area contributed by atoms with Crippen molar-refractivity contribution in [1.82, 2.24) is 30.2 Å². The number of fused-ring (bicyclic) bond motifs is 1. The average molecular weight is 413 g/mol. The van der Waals surface area contributed by atoms with E-state index >= 15 is 0 Å². The van der Waals surface area contributed by atoms with Crippen LogP contribution in [0.3, 0.4) is 0 Å². The first-order valence-corrected chi connectivity index (χ1v) is 10.5. The van der Waals surface area contributed by atoms with Crippen LogP contribution >= 0.6 is 0 Å². The molecule has 8 heteroatoms. The largest absolute Gasteiger partial charge is 0.340 e. The molecule has 4 heterocycles. The predicted molar refractivity (Wildman–Crippen MR) is 123 cm³/mol. The number of hydrogen-bond acceptors (Lipinski definition) is 8. The van der Waals surface area contributed by atoms with Gasteiger partial charge in [0, 0.05) is 61.6 Å². The Morgan fingerprint density at radius 3 is 2.68 bits per heavy atom. The van der Waals surface area contributed by atoms with Gasteiger partial charge in [-0.1, -0.05) is 0 Å². The van der Waals surface area contributed by atoms with Gasteiger partial charge < -0.3 is 15.5 Å². The summed E-state index contributed by atoms with van der Waals surface area (Å²) in [5, 5.41) is 7.78. The first-order valence-electron chi connectivity index (χ1n) is 10.5. The summed E-state index contributed by atoms with van der Waals surface area (Å²) in [6.07, 6.45) is 11.8. The van der Waals surface area contributed by atoms with Crippen LogP contribution < -0.4 is 15.5 Å². The fourth-order valence-electron chi connectivity index (χ4n) is 3.89. The Morgan fingerprint density at radius 1 is 0.935 bits per heavy atom. The summed E-state index contributed by atoms with van der Waals surface area (Å²) in [7, 11) is 0. The number of nitrogens with zero attached hydrogens (tertiary/aromatic N) is 6. The van der Waals surface area contributed by atoms with Crippen molar-refractivity contribution in [3.8, 4) is 11.1 Å². The van der Waals surface area contributed by atoms with Crippen molar-refractivity contribution in [1.29, 1.82) is 0 Å². The second-order valence-electron chi connectivity index (χ2n) is 7.62. The molecule has 1 aromatic carbocycles. The lowest BCUT2D eigenvalue weighted by Gasteiger charge is -2.19. The number of anilines is 3. The number of aromatic nitrogens is 5. The van der Waals surface area contributed by atoms with E-state index in [2.05, 4.69) is 59.5 Å². The molecule has 1 aliphatic heterocycles. The Kier molecular flexibility index (Phi) is 5.37. The Bertz CT molecular complexity index is 1170. The van der Waals surface area contributed by atoms with Crippen molar-refractivity contribution in [2.45, 2.75) is 13.3 Å². The topological polar surface area (TPSA) is 91.8 Å². The number of benzene rings is 1. The smallest absolute Gasteiger partial charge is 0.225 e. The Labute approximate surface area is 180 Å². The molecule has 2 N–H and O–H groups in total. The number of pyridine rings is 1. The zero-order valence-corrected chi connectivity index (χ0v) is 17.4. The van der Waals surface area contributed by atoms with E-state index in [-0.39, 0.29) is 0 Å². The van der Waals surface area contributed by atoms with Gasteiger partial charge in [-0.25, -0.2) is 15.0 Å². The minimum Gasteiger partial charge on any atom is -0.340 e. The molecular weight excluding hydrogens is 388 g/mol. The normalized spacial score (nSPS) is 14.4. The lowest BCUT2D eigenvalue weighted by atomic mass is 10.00. The summed E-state index contributed by atoms with van der Waals surface area (Å²) in [6, 6.07) is 6.19. The van der Waals surface area contributed by atoms with Gasteiger partial charge in [0.1, 0.15) is 5.82 Å². The van der Waals surface area contributed by atoms with Crippen LogP contribution in [0.1, 0.15) is 12.0 Å². The van der Waals surface area contributed by atoms with Gasteiger partial charge in [-0.15, -0.1) is 0 Å². The molecule has 1 saturated heterocycles. The molecule has 0 saturated carbocycles. The second-order valence-corrected chi connectivity index (χ2v) is 7.62. The van der Waals surface area contributed by atoms with Crippen LogP contribution in [0, 0.1) is 6.92 Å². The van der Waals surface area contributed by atoms with Crippen LogP contribution in [0.25, 0.3) is 22.0 Å². The third-order valence-corrected chi connectivity index (χ3v) is 5.49. The number of aryl methyl sites for hydroxylation is 1. The molecule has 5 rings (SSSR count). The first kappa shape index (κ1) is 19.3. The summed E-state index contributed by atoms with van der Waals surface area (Å²) >= 11 is 0. The molecule has 31 heavy (non-hydrogen) atoms. The molecule has 156 valence electrons. The zero-order valence-electron chi connectivity index (χ0n) is 17.4. The van der Waals surface area contributed by atoms with Gasteiger partial charge in [0.2, 0.25) is 5.95 Å². The van der Waals surface area contributed by atoms with Crippen LogP contribution in [0.2, 0.25) is 0 Å². The van der Waals surface area contributed by atoms with Crippen molar-refractivity contribution in [2.75, 3.05) is 36.4 Å². The van der Waals surface area contributed by atoms with Gasteiger partial charge in [0.05, 0.1) is 17.4 Å². The summed E-state index contributed by atoms with van der Waals surface area (Å²) in [5.41, 5.74) is 5.06. The van der Waals surface area contributed by atoms with Gasteiger partial charge >= 0.3 is 0 Å². The second kappa shape index (κ2) is 8.61. The zero-order chi connectivity index (χ0) is 21.0. The van der Waals surface area contributed by atoms with Crippen LogP contribution in [-0.2, 0) is 0 Å². The number of hydrogen-bond donors (Lipinski definition) is 2. The highest BCUT2D eigenvalue weighted by Crippen LogP contribution is 2.31. The minimum absolute atomic E-state index is 0.699. The van der Waals surface area contributed by atoms with E-state index in [9.17, 15) is 0 Å². The highest BCUT2D eigenvalue weighted by molar-refractivity contribution is 5.96. The summed E-state index contributed by atoms with van der Waals surface area (Å²) in [4.78, 5) is 24.5. The Morgan fingerprint density at radius 2 is 1.84 bits per heavy atom. The van der Waals surface area contributed by atoms with Gasteiger partial charge in [-0.2, -0.15) is 0 Å². The predicted octanol–water partition coefficient (Wildman–Crippen LogP) is 3.33. The molecule has 1 fully saturated rings. The first-order chi connectivity index (χ1) is 15.3. The van der Waals surface area contributed by atoms with E-state index in [1.807, 2.05) is 18.5 Å². The van der Waals surface area contributed by atoms with Gasteiger partial charge in [-0.05, 0) is 49.2 Å². The van der Waals surface area contributed by atoms with E-state index in [0.717, 1.165) is 71.8 Å². The molecule has 1 aliphatic rings. The molecule has 0 unspecified atom stereocenters. The summed E-state index contributed by atoms with van der Waals surface area (Å²) < 4.78 is 0. The highest BCUT2D eigenvalue weighted by atomic mass is 15.3. The van der Waals surface area contributed by atoms with Gasteiger partial charge in [0.25, 0.3) is 0 Å². The molecule has 4 aromatic rings. The number of nitrogens with one attached hydrogen (secondary N) is 2. The van der Waals surface area contributed by atoms with Crippen molar-refractivity contribution in [3.05, 3.63) is 60.9 Å². The van der Waals surface area contributed by atoms with E-state index in [1.54, 1.807) is 24.8 Å². The quantitative estimate of drug-likeness (QED) is 0.527. The van der Waals surface area contributed by atoms with Crippen LogP contribution in [-0.4, -0.2) is 51.1 Å². The molecule has 0 bridgehead atoms. The molecule has 0 amide bonds. The Hall–Kier alpha value is -3.65. The van der Waals surface area contributed by atoms with Crippen molar-refractivity contribution >= 4 is 28.4 Å². The monoisotopic (exact) mass is 412 g/mol. The maximum Gasteiger partial charge on any atom is 0.225 e.